The molecule has 1 aliphatic rings. The van der Waals surface area contributed by atoms with Crippen LogP contribution in [0.25, 0.3) is 0 Å². The van der Waals surface area contributed by atoms with Crippen molar-refractivity contribution in [3.63, 3.8) is 0 Å². The lowest BCUT2D eigenvalue weighted by Crippen LogP contribution is -2.49. The van der Waals surface area contributed by atoms with Crippen LogP contribution < -0.4 is 5.32 Å². The monoisotopic (exact) mass is 290 g/mol. The first kappa shape index (κ1) is 16.5. The summed E-state index contributed by atoms with van der Waals surface area (Å²) >= 11 is 0. The quantitative estimate of drug-likeness (QED) is 0.902. The third kappa shape index (κ3) is 3.65. The van der Waals surface area contributed by atoms with Gasteiger partial charge in [0.1, 0.15) is 0 Å². The third-order valence-corrected chi connectivity index (χ3v) is 4.69. The Morgan fingerprint density at radius 1 is 1.10 bits per heavy atom. The standard InChI is InChI=1S/C18H30N2O/c1-17(2)15(16(19-5)18(3,4)21-17)13-20(6)12-14-10-8-7-9-11-14/h7-11,15-16,19H,12-13H2,1-6H3. The highest BCUT2D eigenvalue weighted by Crippen LogP contribution is 2.42. The summed E-state index contributed by atoms with van der Waals surface area (Å²) in [5.41, 5.74) is 1.12. The summed E-state index contributed by atoms with van der Waals surface area (Å²) in [4.78, 5) is 2.40. The van der Waals surface area contributed by atoms with E-state index in [0.717, 1.165) is 13.1 Å². The fourth-order valence-electron chi connectivity index (χ4n) is 3.87. The second-order valence-electron chi connectivity index (χ2n) is 7.36. The molecule has 1 fully saturated rings. The number of hydrogen-bond acceptors (Lipinski definition) is 3. The van der Waals surface area contributed by atoms with E-state index in [9.17, 15) is 0 Å². The van der Waals surface area contributed by atoms with Crippen LogP contribution in [0.1, 0.15) is 33.3 Å². The van der Waals surface area contributed by atoms with Crippen LogP contribution in [0.2, 0.25) is 0 Å². The van der Waals surface area contributed by atoms with Gasteiger partial charge in [-0.3, -0.25) is 0 Å². The first-order valence-corrected chi connectivity index (χ1v) is 7.86. The van der Waals surface area contributed by atoms with Gasteiger partial charge in [0, 0.05) is 25.0 Å². The molecule has 2 atom stereocenters. The highest BCUT2D eigenvalue weighted by Gasteiger charge is 2.53. The van der Waals surface area contributed by atoms with Gasteiger partial charge in [-0.2, -0.15) is 0 Å². The molecule has 0 spiro atoms. The van der Waals surface area contributed by atoms with Crippen molar-refractivity contribution in [1.29, 1.82) is 0 Å². The number of hydrogen-bond donors (Lipinski definition) is 1. The molecule has 118 valence electrons. The molecule has 2 rings (SSSR count). The van der Waals surface area contributed by atoms with Crippen molar-refractivity contribution in [2.24, 2.45) is 5.92 Å². The molecular weight excluding hydrogens is 260 g/mol. The average Bonchev–Trinajstić information content (AvgIpc) is 2.55. The van der Waals surface area contributed by atoms with E-state index < -0.39 is 0 Å². The van der Waals surface area contributed by atoms with Crippen LogP contribution in [-0.4, -0.2) is 42.8 Å². The van der Waals surface area contributed by atoms with Crippen LogP contribution in [0.3, 0.4) is 0 Å². The molecule has 1 saturated heterocycles. The van der Waals surface area contributed by atoms with Crippen LogP contribution in [0, 0.1) is 5.92 Å². The fourth-order valence-corrected chi connectivity index (χ4v) is 3.87. The Morgan fingerprint density at radius 2 is 1.71 bits per heavy atom. The van der Waals surface area contributed by atoms with E-state index in [1.165, 1.54) is 5.56 Å². The maximum absolute atomic E-state index is 6.31. The molecule has 1 aromatic rings. The fraction of sp³-hybridized carbons (Fsp3) is 0.667. The predicted molar refractivity (Wildman–Crippen MR) is 88.4 cm³/mol. The lowest BCUT2D eigenvalue weighted by molar-refractivity contribution is -0.0791. The van der Waals surface area contributed by atoms with Crippen molar-refractivity contribution in [3.8, 4) is 0 Å². The molecular formula is C18H30N2O. The number of benzene rings is 1. The minimum atomic E-state index is -0.128. The number of ether oxygens (including phenoxy) is 1. The summed E-state index contributed by atoms with van der Waals surface area (Å²) < 4.78 is 6.31. The molecule has 1 aliphatic heterocycles. The van der Waals surface area contributed by atoms with Gasteiger partial charge in [-0.05, 0) is 47.4 Å². The van der Waals surface area contributed by atoms with Crippen LogP contribution >= 0.6 is 0 Å². The van der Waals surface area contributed by atoms with Crippen LogP contribution in [0.4, 0.5) is 0 Å². The maximum atomic E-state index is 6.31. The molecule has 1 aromatic carbocycles. The van der Waals surface area contributed by atoms with Gasteiger partial charge >= 0.3 is 0 Å². The number of nitrogens with zero attached hydrogens (tertiary/aromatic N) is 1. The summed E-state index contributed by atoms with van der Waals surface area (Å²) in [5.74, 6) is 0.464. The molecule has 0 saturated carbocycles. The van der Waals surface area contributed by atoms with Crippen LogP contribution in [0.5, 0.6) is 0 Å². The Balaban J connectivity index is 2.06. The Bertz CT molecular complexity index is 456. The second kappa shape index (κ2) is 6.07. The molecule has 0 aromatic heterocycles. The first-order chi connectivity index (χ1) is 9.76. The van der Waals surface area contributed by atoms with Gasteiger partial charge in [-0.1, -0.05) is 30.3 Å². The largest absolute Gasteiger partial charge is 0.368 e. The SMILES string of the molecule is CNC1C(CN(C)Cc2ccccc2)C(C)(C)OC1(C)C. The highest BCUT2D eigenvalue weighted by molar-refractivity contribution is 5.14. The Kier molecular flexibility index (Phi) is 4.76. The lowest BCUT2D eigenvalue weighted by atomic mass is 9.82. The van der Waals surface area contributed by atoms with E-state index in [-0.39, 0.29) is 11.2 Å². The Hall–Kier alpha value is -0.900. The molecule has 3 nitrogen and oxygen atoms in total. The van der Waals surface area contributed by atoms with Crippen molar-refractivity contribution in [3.05, 3.63) is 35.9 Å². The predicted octanol–water partition coefficient (Wildman–Crippen LogP) is 2.91. The van der Waals surface area contributed by atoms with E-state index in [1.807, 2.05) is 7.05 Å². The second-order valence-corrected chi connectivity index (χ2v) is 7.36. The number of rotatable bonds is 5. The first-order valence-electron chi connectivity index (χ1n) is 7.86. The minimum Gasteiger partial charge on any atom is -0.368 e. The van der Waals surface area contributed by atoms with Crippen molar-refractivity contribution in [2.75, 3.05) is 20.6 Å². The molecule has 0 amide bonds. The highest BCUT2D eigenvalue weighted by atomic mass is 16.5. The van der Waals surface area contributed by atoms with Gasteiger partial charge in [0.05, 0.1) is 11.2 Å². The van der Waals surface area contributed by atoms with Gasteiger partial charge in [0.15, 0.2) is 0 Å². The summed E-state index contributed by atoms with van der Waals surface area (Å²) in [5, 5.41) is 3.48. The molecule has 1 N–H and O–H groups in total. The van der Waals surface area contributed by atoms with Crippen molar-refractivity contribution in [2.45, 2.75) is 51.5 Å². The van der Waals surface area contributed by atoms with Gasteiger partial charge < -0.3 is 15.0 Å². The molecule has 3 heteroatoms. The maximum Gasteiger partial charge on any atom is 0.0790 e. The van der Waals surface area contributed by atoms with Gasteiger partial charge in [0.2, 0.25) is 0 Å². The smallest absolute Gasteiger partial charge is 0.0790 e. The number of likely N-dealkylation sites (N-methyl/N-ethyl adjacent to an activating group) is 1. The molecule has 21 heavy (non-hydrogen) atoms. The normalized spacial score (nSPS) is 27.2. The molecule has 0 radical (unpaired) electrons. The van der Waals surface area contributed by atoms with E-state index in [1.54, 1.807) is 0 Å². The summed E-state index contributed by atoms with van der Waals surface area (Å²) in [7, 11) is 4.24. The van der Waals surface area contributed by atoms with Crippen LogP contribution in [-0.2, 0) is 11.3 Å². The van der Waals surface area contributed by atoms with E-state index in [4.69, 9.17) is 4.74 Å². The van der Waals surface area contributed by atoms with Crippen molar-refractivity contribution >= 4 is 0 Å². The van der Waals surface area contributed by atoms with E-state index in [0.29, 0.717) is 12.0 Å². The van der Waals surface area contributed by atoms with Gasteiger partial charge in [-0.15, -0.1) is 0 Å². The zero-order valence-electron chi connectivity index (χ0n) is 14.3. The summed E-state index contributed by atoms with van der Waals surface area (Å²) in [6.07, 6.45) is 0. The molecule has 2 unspecified atom stereocenters. The van der Waals surface area contributed by atoms with Gasteiger partial charge in [-0.25, -0.2) is 0 Å². The zero-order chi connectivity index (χ0) is 15.7. The van der Waals surface area contributed by atoms with E-state index in [2.05, 4.69) is 75.3 Å². The Morgan fingerprint density at radius 3 is 2.29 bits per heavy atom. The van der Waals surface area contributed by atoms with Crippen LogP contribution in [0.15, 0.2) is 30.3 Å². The van der Waals surface area contributed by atoms with E-state index >= 15 is 0 Å². The topological polar surface area (TPSA) is 24.5 Å². The molecule has 0 bridgehead atoms. The summed E-state index contributed by atoms with van der Waals surface area (Å²) in [6, 6.07) is 11.0. The number of nitrogens with one attached hydrogen (secondary N) is 1. The molecule has 1 heterocycles. The average molecular weight is 290 g/mol. The zero-order valence-corrected chi connectivity index (χ0v) is 14.3. The van der Waals surface area contributed by atoms with Crippen molar-refractivity contribution < 1.29 is 4.74 Å². The molecule has 0 aliphatic carbocycles. The summed E-state index contributed by atoms with van der Waals surface area (Å²) in [6.45, 7) is 10.8. The van der Waals surface area contributed by atoms with Crippen molar-refractivity contribution in [1.82, 2.24) is 10.2 Å². The minimum absolute atomic E-state index is 0.109. The Labute approximate surface area is 129 Å². The third-order valence-electron chi connectivity index (χ3n) is 4.69. The lowest BCUT2D eigenvalue weighted by Gasteiger charge is -2.32. The van der Waals surface area contributed by atoms with Gasteiger partial charge in [0.25, 0.3) is 0 Å².